The van der Waals surface area contributed by atoms with Crippen molar-refractivity contribution in [2.45, 2.75) is 12.8 Å². The van der Waals surface area contributed by atoms with Gasteiger partial charge in [-0.05, 0) is 12.1 Å². The summed E-state index contributed by atoms with van der Waals surface area (Å²) in [6.45, 7) is 0.710. The van der Waals surface area contributed by atoms with Gasteiger partial charge in [0.25, 0.3) is 5.92 Å². The van der Waals surface area contributed by atoms with Crippen LogP contribution < -0.4 is 5.73 Å². The number of anilines is 1. The van der Waals surface area contributed by atoms with Gasteiger partial charge in [0.2, 0.25) is 0 Å². The standard InChI is InChI=1S/C8H9F2NO/c1-8(9,10)5-3-2-4-6(11)7(5)12/h2-4,12H,11H2,1H3. The van der Waals surface area contributed by atoms with Gasteiger partial charge in [0.15, 0.2) is 0 Å². The van der Waals surface area contributed by atoms with E-state index in [0.717, 1.165) is 6.07 Å². The van der Waals surface area contributed by atoms with Crippen LogP contribution in [0.15, 0.2) is 18.2 Å². The molecule has 0 aliphatic carbocycles. The van der Waals surface area contributed by atoms with Gasteiger partial charge in [-0.25, -0.2) is 8.78 Å². The minimum Gasteiger partial charge on any atom is -0.505 e. The summed E-state index contributed by atoms with van der Waals surface area (Å²) in [6.07, 6.45) is 0. The number of alkyl halides is 2. The summed E-state index contributed by atoms with van der Waals surface area (Å²) in [4.78, 5) is 0. The highest BCUT2D eigenvalue weighted by Crippen LogP contribution is 2.36. The number of para-hydroxylation sites is 1. The quantitative estimate of drug-likeness (QED) is 0.504. The zero-order valence-corrected chi connectivity index (χ0v) is 6.51. The number of nitrogen functional groups attached to an aromatic ring is 1. The van der Waals surface area contributed by atoms with E-state index in [0.29, 0.717) is 6.92 Å². The maximum atomic E-state index is 12.7. The maximum Gasteiger partial charge on any atom is 0.274 e. The smallest absolute Gasteiger partial charge is 0.274 e. The third-order valence-corrected chi connectivity index (χ3v) is 1.54. The van der Waals surface area contributed by atoms with Crippen LogP contribution in [0.1, 0.15) is 12.5 Å². The van der Waals surface area contributed by atoms with E-state index in [4.69, 9.17) is 10.8 Å². The summed E-state index contributed by atoms with van der Waals surface area (Å²) < 4.78 is 25.4. The van der Waals surface area contributed by atoms with E-state index in [9.17, 15) is 8.78 Å². The monoisotopic (exact) mass is 173 g/mol. The molecule has 0 fully saturated rings. The van der Waals surface area contributed by atoms with Gasteiger partial charge in [-0.2, -0.15) is 0 Å². The Kier molecular flexibility index (Phi) is 1.92. The topological polar surface area (TPSA) is 46.2 Å². The Bertz CT molecular complexity index is 294. The van der Waals surface area contributed by atoms with Gasteiger partial charge < -0.3 is 10.8 Å². The second kappa shape index (κ2) is 2.62. The van der Waals surface area contributed by atoms with Gasteiger partial charge in [-0.1, -0.05) is 6.07 Å². The van der Waals surface area contributed by atoms with E-state index in [1.54, 1.807) is 0 Å². The highest BCUT2D eigenvalue weighted by Gasteiger charge is 2.28. The number of nitrogens with two attached hydrogens (primary N) is 1. The van der Waals surface area contributed by atoms with Crippen molar-refractivity contribution in [3.63, 3.8) is 0 Å². The van der Waals surface area contributed by atoms with E-state index < -0.39 is 17.2 Å². The van der Waals surface area contributed by atoms with Crippen molar-refractivity contribution in [2.75, 3.05) is 5.73 Å². The van der Waals surface area contributed by atoms with Crippen molar-refractivity contribution in [1.82, 2.24) is 0 Å². The summed E-state index contributed by atoms with van der Waals surface area (Å²) in [7, 11) is 0. The summed E-state index contributed by atoms with van der Waals surface area (Å²) in [5.41, 5.74) is 4.76. The average molecular weight is 173 g/mol. The first-order valence-corrected chi connectivity index (χ1v) is 3.38. The van der Waals surface area contributed by atoms with Crippen LogP contribution >= 0.6 is 0 Å². The first-order valence-electron chi connectivity index (χ1n) is 3.38. The average Bonchev–Trinajstić information content (AvgIpc) is 1.92. The highest BCUT2D eigenvalue weighted by atomic mass is 19.3. The van der Waals surface area contributed by atoms with Crippen molar-refractivity contribution in [1.29, 1.82) is 0 Å². The lowest BCUT2D eigenvalue weighted by atomic mass is 10.1. The van der Waals surface area contributed by atoms with Crippen LogP contribution in [0.3, 0.4) is 0 Å². The largest absolute Gasteiger partial charge is 0.505 e. The second-order valence-corrected chi connectivity index (χ2v) is 2.63. The van der Waals surface area contributed by atoms with Gasteiger partial charge in [-0.15, -0.1) is 0 Å². The fourth-order valence-corrected chi connectivity index (χ4v) is 0.916. The molecule has 0 aliphatic heterocycles. The van der Waals surface area contributed by atoms with Gasteiger partial charge in [0, 0.05) is 6.92 Å². The van der Waals surface area contributed by atoms with Crippen molar-refractivity contribution < 1.29 is 13.9 Å². The number of aromatic hydroxyl groups is 1. The molecule has 0 amide bonds. The van der Waals surface area contributed by atoms with Crippen molar-refractivity contribution in [3.8, 4) is 5.75 Å². The van der Waals surface area contributed by atoms with Gasteiger partial charge in [-0.3, -0.25) is 0 Å². The molecular weight excluding hydrogens is 164 g/mol. The van der Waals surface area contributed by atoms with E-state index in [1.165, 1.54) is 12.1 Å². The Balaban J connectivity index is 3.26. The maximum absolute atomic E-state index is 12.7. The summed E-state index contributed by atoms with van der Waals surface area (Å²) in [5.74, 6) is -3.59. The molecule has 0 unspecified atom stereocenters. The van der Waals surface area contributed by atoms with Crippen LogP contribution in [0.2, 0.25) is 0 Å². The molecule has 0 radical (unpaired) electrons. The third kappa shape index (κ3) is 1.47. The van der Waals surface area contributed by atoms with E-state index in [1.807, 2.05) is 0 Å². The third-order valence-electron chi connectivity index (χ3n) is 1.54. The number of phenols is 1. The van der Waals surface area contributed by atoms with Crippen molar-refractivity contribution in [2.24, 2.45) is 0 Å². The molecule has 12 heavy (non-hydrogen) atoms. The molecule has 1 rings (SSSR count). The SMILES string of the molecule is CC(F)(F)c1cccc(N)c1O. The van der Waals surface area contributed by atoms with Crippen LogP contribution in [-0.2, 0) is 5.92 Å². The van der Waals surface area contributed by atoms with Crippen LogP contribution in [0.5, 0.6) is 5.75 Å². The van der Waals surface area contributed by atoms with Crippen LogP contribution in [0.25, 0.3) is 0 Å². The highest BCUT2D eigenvalue weighted by molar-refractivity contribution is 5.56. The Morgan fingerprint density at radius 2 is 2.00 bits per heavy atom. The molecule has 0 spiro atoms. The molecule has 66 valence electrons. The molecule has 0 aliphatic rings. The van der Waals surface area contributed by atoms with E-state index in [-0.39, 0.29) is 5.69 Å². The van der Waals surface area contributed by atoms with Crippen molar-refractivity contribution >= 4 is 5.69 Å². The first kappa shape index (κ1) is 8.77. The number of phenolic OH excluding ortho intramolecular Hbond substituents is 1. The van der Waals surface area contributed by atoms with Gasteiger partial charge >= 0.3 is 0 Å². The second-order valence-electron chi connectivity index (χ2n) is 2.63. The molecule has 0 bridgehead atoms. The lowest BCUT2D eigenvalue weighted by molar-refractivity contribution is 0.0153. The molecule has 0 atom stereocenters. The molecule has 0 heterocycles. The minimum atomic E-state index is -3.06. The zero-order valence-electron chi connectivity index (χ0n) is 6.51. The molecule has 2 nitrogen and oxygen atoms in total. The molecule has 0 saturated carbocycles. The van der Waals surface area contributed by atoms with Gasteiger partial charge in [0.05, 0.1) is 11.3 Å². The first-order chi connectivity index (χ1) is 5.43. The van der Waals surface area contributed by atoms with E-state index >= 15 is 0 Å². The fourth-order valence-electron chi connectivity index (χ4n) is 0.916. The Hall–Kier alpha value is -1.32. The molecule has 1 aromatic rings. The number of hydrogen-bond donors (Lipinski definition) is 2. The minimum absolute atomic E-state index is 0.0333. The summed E-state index contributed by atoms with van der Waals surface area (Å²) >= 11 is 0. The molecule has 0 aromatic heterocycles. The van der Waals surface area contributed by atoms with E-state index in [2.05, 4.69) is 0 Å². The van der Waals surface area contributed by atoms with Crippen LogP contribution in [0.4, 0.5) is 14.5 Å². The Labute approximate surface area is 68.6 Å². The molecule has 1 aromatic carbocycles. The van der Waals surface area contributed by atoms with Crippen LogP contribution in [-0.4, -0.2) is 5.11 Å². The molecule has 0 saturated heterocycles. The summed E-state index contributed by atoms with van der Waals surface area (Å²) in [6, 6.07) is 3.89. The predicted molar refractivity (Wildman–Crippen MR) is 42.1 cm³/mol. The normalized spacial score (nSPS) is 11.6. The number of halogens is 2. The molecule has 3 N–H and O–H groups in total. The van der Waals surface area contributed by atoms with Crippen molar-refractivity contribution in [3.05, 3.63) is 23.8 Å². The predicted octanol–water partition coefficient (Wildman–Crippen LogP) is 2.09. The van der Waals surface area contributed by atoms with Crippen LogP contribution in [0, 0.1) is 0 Å². The molecule has 4 heteroatoms. The summed E-state index contributed by atoms with van der Waals surface area (Å²) in [5, 5.41) is 9.13. The Morgan fingerprint density at radius 3 is 2.42 bits per heavy atom. The number of rotatable bonds is 1. The lowest BCUT2D eigenvalue weighted by Crippen LogP contribution is -2.07. The Morgan fingerprint density at radius 1 is 1.42 bits per heavy atom. The number of benzene rings is 1. The molecular formula is C8H9F2NO. The number of hydrogen-bond acceptors (Lipinski definition) is 2. The van der Waals surface area contributed by atoms with Gasteiger partial charge in [0.1, 0.15) is 5.75 Å². The fraction of sp³-hybridized carbons (Fsp3) is 0.250. The zero-order chi connectivity index (χ0) is 9.35. The lowest BCUT2D eigenvalue weighted by Gasteiger charge is -2.12.